The molecule has 3 N–H and O–H groups in total. The highest BCUT2D eigenvalue weighted by Gasteiger charge is 2.25. The molecule has 0 aliphatic rings. The zero-order valence-electron chi connectivity index (χ0n) is 15.1. The molecular formula is C20H21FN4O2. The minimum absolute atomic E-state index is 0.0160. The number of carbonyl (C=O) groups excluding carboxylic acids is 1. The topological polar surface area (TPSA) is 94.0 Å². The molecule has 0 fully saturated rings. The second-order valence-electron chi connectivity index (χ2n) is 6.56. The second kappa shape index (κ2) is 8.09. The third kappa shape index (κ3) is 4.38. The molecule has 3 rings (SSSR count). The van der Waals surface area contributed by atoms with E-state index in [1.165, 1.54) is 24.3 Å². The summed E-state index contributed by atoms with van der Waals surface area (Å²) in [6.07, 6.45) is 0. The van der Waals surface area contributed by atoms with Crippen LogP contribution < -0.4 is 11.1 Å². The lowest BCUT2D eigenvalue weighted by Crippen LogP contribution is -2.32. The van der Waals surface area contributed by atoms with Crippen molar-refractivity contribution >= 4 is 5.91 Å². The number of hydrogen-bond acceptors (Lipinski definition) is 5. The van der Waals surface area contributed by atoms with Crippen LogP contribution in [0, 0.1) is 11.7 Å². The molecule has 0 aliphatic carbocycles. The van der Waals surface area contributed by atoms with E-state index in [9.17, 15) is 9.18 Å². The van der Waals surface area contributed by atoms with Crippen LogP contribution in [0.3, 0.4) is 0 Å². The Morgan fingerprint density at radius 1 is 1.15 bits per heavy atom. The predicted molar refractivity (Wildman–Crippen MR) is 99.1 cm³/mol. The Morgan fingerprint density at radius 3 is 2.41 bits per heavy atom. The minimum atomic E-state index is -0.466. The quantitative estimate of drug-likeness (QED) is 0.695. The minimum Gasteiger partial charge on any atom is -0.340 e. The van der Waals surface area contributed by atoms with Crippen molar-refractivity contribution in [2.75, 3.05) is 0 Å². The molecule has 3 aromatic rings. The SMILES string of the molecule is CC(C)C(NC(=O)c1ccc(F)cc1)c1nc(-c2ccc(CN)cc2)no1. The maximum absolute atomic E-state index is 13.0. The van der Waals surface area contributed by atoms with Gasteiger partial charge in [-0.25, -0.2) is 4.39 Å². The second-order valence-corrected chi connectivity index (χ2v) is 6.56. The van der Waals surface area contributed by atoms with Crippen LogP contribution in [0.1, 0.15) is 41.7 Å². The van der Waals surface area contributed by atoms with Crippen molar-refractivity contribution < 1.29 is 13.7 Å². The summed E-state index contributed by atoms with van der Waals surface area (Å²) in [6, 6.07) is 12.4. The van der Waals surface area contributed by atoms with Crippen LogP contribution in [0.5, 0.6) is 0 Å². The van der Waals surface area contributed by atoms with Gasteiger partial charge in [-0.1, -0.05) is 43.3 Å². The van der Waals surface area contributed by atoms with Gasteiger partial charge in [0, 0.05) is 17.7 Å². The Hall–Kier alpha value is -3.06. The Balaban J connectivity index is 1.79. The van der Waals surface area contributed by atoms with Crippen molar-refractivity contribution in [3.63, 3.8) is 0 Å². The predicted octanol–water partition coefficient (Wildman–Crippen LogP) is 3.46. The number of aromatic nitrogens is 2. The number of nitrogens with zero attached hydrogens (tertiary/aromatic N) is 2. The zero-order chi connectivity index (χ0) is 19.4. The standard InChI is InChI=1S/C20H21FN4O2/c1-12(2)17(23-19(26)15-7-9-16(21)10-8-15)20-24-18(25-27-20)14-5-3-13(11-22)4-6-14/h3-10,12,17H,11,22H2,1-2H3,(H,23,26). The van der Waals surface area contributed by atoms with Crippen LogP contribution in [0.2, 0.25) is 0 Å². The third-order valence-corrected chi connectivity index (χ3v) is 4.22. The highest BCUT2D eigenvalue weighted by molar-refractivity contribution is 5.94. The summed E-state index contributed by atoms with van der Waals surface area (Å²) in [7, 11) is 0. The number of hydrogen-bond donors (Lipinski definition) is 2. The van der Waals surface area contributed by atoms with Gasteiger partial charge >= 0.3 is 0 Å². The fourth-order valence-electron chi connectivity index (χ4n) is 2.61. The van der Waals surface area contributed by atoms with E-state index in [0.717, 1.165) is 11.1 Å². The molecular weight excluding hydrogens is 347 g/mol. The Labute approximate surface area is 156 Å². The molecule has 1 aromatic heterocycles. The fourth-order valence-corrected chi connectivity index (χ4v) is 2.61. The molecule has 0 saturated carbocycles. The summed E-state index contributed by atoms with van der Waals surface area (Å²) in [6.45, 7) is 4.34. The monoisotopic (exact) mass is 368 g/mol. The summed E-state index contributed by atoms with van der Waals surface area (Å²) in [4.78, 5) is 16.9. The summed E-state index contributed by atoms with van der Waals surface area (Å²) in [5.74, 6) is 0.0471. The third-order valence-electron chi connectivity index (χ3n) is 4.22. The van der Waals surface area contributed by atoms with E-state index in [-0.39, 0.29) is 11.8 Å². The van der Waals surface area contributed by atoms with Gasteiger partial charge < -0.3 is 15.6 Å². The van der Waals surface area contributed by atoms with Crippen LogP contribution in [0.4, 0.5) is 4.39 Å². The zero-order valence-corrected chi connectivity index (χ0v) is 15.1. The number of rotatable bonds is 6. The van der Waals surface area contributed by atoms with Gasteiger partial charge in [0.2, 0.25) is 11.7 Å². The molecule has 140 valence electrons. The molecule has 2 aromatic carbocycles. The maximum atomic E-state index is 13.0. The first-order valence-electron chi connectivity index (χ1n) is 8.67. The van der Waals surface area contributed by atoms with Gasteiger partial charge in [0.15, 0.2) is 0 Å². The molecule has 0 spiro atoms. The molecule has 0 bridgehead atoms. The van der Waals surface area contributed by atoms with Gasteiger partial charge in [0.05, 0.1) is 0 Å². The summed E-state index contributed by atoms with van der Waals surface area (Å²) in [5.41, 5.74) is 7.78. The average molecular weight is 368 g/mol. The molecule has 7 heteroatoms. The first-order chi connectivity index (χ1) is 13.0. The smallest absolute Gasteiger partial charge is 0.251 e. The van der Waals surface area contributed by atoms with Crippen molar-refractivity contribution in [1.29, 1.82) is 0 Å². The molecule has 1 heterocycles. The molecule has 1 atom stereocenters. The lowest BCUT2D eigenvalue weighted by Gasteiger charge is -2.18. The maximum Gasteiger partial charge on any atom is 0.251 e. The Bertz CT molecular complexity index is 904. The normalized spacial score (nSPS) is 12.2. The fraction of sp³-hybridized carbons (Fsp3) is 0.250. The van der Waals surface area contributed by atoms with Crippen LogP contribution >= 0.6 is 0 Å². The number of amides is 1. The largest absolute Gasteiger partial charge is 0.340 e. The highest BCUT2D eigenvalue weighted by atomic mass is 19.1. The molecule has 0 aliphatic heterocycles. The van der Waals surface area contributed by atoms with Crippen LogP contribution in [0.25, 0.3) is 11.4 Å². The number of benzene rings is 2. The molecule has 6 nitrogen and oxygen atoms in total. The van der Waals surface area contributed by atoms with Gasteiger partial charge in [-0.15, -0.1) is 0 Å². The molecule has 0 radical (unpaired) electrons. The lowest BCUT2D eigenvalue weighted by molar-refractivity contribution is 0.0914. The van der Waals surface area contributed by atoms with E-state index >= 15 is 0 Å². The van der Waals surface area contributed by atoms with Crippen molar-refractivity contribution in [3.05, 3.63) is 71.4 Å². The number of halogens is 1. The number of nitrogens with one attached hydrogen (secondary N) is 1. The number of nitrogens with two attached hydrogens (primary N) is 1. The van der Waals surface area contributed by atoms with E-state index in [1.807, 2.05) is 38.1 Å². The van der Waals surface area contributed by atoms with E-state index in [0.29, 0.717) is 23.8 Å². The van der Waals surface area contributed by atoms with Crippen LogP contribution in [-0.2, 0) is 6.54 Å². The van der Waals surface area contributed by atoms with Gasteiger partial charge in [-0.2, -0.15) is 4.98 Å². The molecule has 1 unspecified atom stereocenters. The molecule has 1 amide bonds. The van der Waals surface area contributed by atoms with Crippen LogP contribution in [-0.4, -0.2) is 16.0 Å². The first kappa shape index (κ1) is 18.7. The lowest BCUT2D eigenvalue weighted by atomic mass is 10.0. The Morgan fingerprint density at radius 2 is 1.81 bits per heavy atom. The van der Waals surface area contributed by atoms with Gasteiger partial charge in [0.25, 0.3) is 5.91 Å². The highest BCUT2D eigenvalue weighted by Crippen LogP contribution is 2.24. The van der Waals surface area contributed by atoms with E-state index in [2.05, 4.69) is 15.5 Å². The van der Waals surface area contributed by atoms with Crippen molar-refractivity contribution in [3.8, 4) is 11.4 Å². The van der Waals surface area contributed by atoms with Crippen molar-refractivity contribution in [1.82, 2.24) is 15.5 Å². The first-order valence-corrected chi connectivity index (χ1v) is 8.67. The van der Waals surface area contributed by atoms with E-state index in [4.69, 9.17) is 10.3 Å². The van der Waals surface area contributed by atoms with Gasteiger partial charge in [-0.05, 0) is 35.7 Å². The number of carbonyl (C=O) groups is 1. The summed E-state index contributed by atoms with van der Waals surface area (Å²) >= 11 is 0. The average Bonchev–Trinajstić information content (AvgIpc) is 3.16. The van der Waals surface area contributed by atoms with Crippen molar-refractivity contribution in [2.24, 2.45) is 11.7 Å². The summed E-state index contributed by atoms with van der Waals surface area (Å²) < 4.78 is 18.4. The summed E-state index contributed by atoms with van der Waals surface area (Å²) in [5, 5.41) is 6.90. The van der Waals surface area contributed by atoms with Gasteiger partial charge in [0.1, 0.15) is 11.9 Å². The van der Waals surface area contributed by atoms with Crippen LogP contribution in [0.15, 0.2) is 53.1 Å². The Kier molecular flexibility index (Phi) is 5.61. The molecule has 27 heavy (non-hydrogen) atoms. The van der Waals surface area contributed by atoms with Gasteiger partial charge in [-0.3, -0.25) is 4.79 Å². The van der Waals surface area contributed by atoms with E-state index < -0.39 is 11.9 Å². The molecule has 0 saturated heterocycles. The van der Waals surface area contributed by atoms with E-state index in [1.54, 1.807) is 0 Å². The van der Waals surface area contributed by atoms with Crippen molar-refractivity contribution in [2.45, 2.75) is 26.4 Å².